The highest BCUT2D eigenvalue weighted by atomic mass is 16.5. The standard InChI is InChI=1S/C16H28O5/c1-4-5-11-21-12-10-16(14(17)19-2,15(18)20-3)13-8-6-7-9-13/h13H,4-12H2,1-3H3. The maximum absolute atomic E-state index is 12.4. The van der Waals surface area contributed by atoms with Crippen LogP contribution in [0.1, 0.15) is 51.9 Å². The SMILES string of the molecule is CCCCOCCC(C(=O)OC)(C(=O)OC)C1CCCC1. The second kappa shape index (κ2) is 9.03. The molecule has 0 saturated heterocycles. The Labute approximate surface area is 127 Å². The summed E-state index contributed by atoms with van der Waals surface area (Å²) in [6.07, 6.45) is 6.17. The molecule has 0 aromatic carbocycles. The van der Waals surface area contributed by atoms with Crippen molar-refractivity contribution in [3.8, 4) is 0 Å². The first kappa shape index (κ1) is 18.0. The van der Waals surface area contributed by atoms with Crippen molar-refractivity contribution in [2.24, 2.45) is 11.3 Å². The van der Waals surface area contributed by atoms with E-state index < -0.39 is 17.4 Å². The van der Waals surface area contributed by atoms with Crippen LogP contribution in [0.4, 0.5) is 0 Å². The Hall–Kier alpha value is -1.10. The maximum Gasteiger partial charge on any atom is 0.323 e. The summed E-state index contributed by atoms with van der Waals surface area (Å²) in [5.74, 6) is -0.979. The fourth-order valence-electron chi connectivity index (χ4n) is 3.19. The monoisotopic (exact) mass is 300 g/mol. The Morgan fingerprint density at radius 1 is 1.05 bits per heavy atom. The van der Waals surface area contributed by atoms with E-state index >= 15 is 0 Å². The molecule has 0 atom stereocenters. The molecule has 1 saturated carbocycles. The molecule has 0 aromatic rings. The topological polar surface area (TPSA) is 61.8 Å². The first-order valence-electron chi connectivity index (χ1n) is 7.88. The predicted octanol–water partition coefficient (Wildman–Crippen LogP) is 2.72. The molecule has 0 spiro atoms. The van der Waals surface area contributed by atoms with Crippen LogP contribution in [0.3, 0.4) is 0 Å². The lowest BCUT2D eigenvalue weighted by Gasteiger charge is -2.33. The Bertz CT molecular complexity index is 318. The lowest BCUT2D eigenvalue weighted by molar-refractivity contribution is -0.175. The summed E-state index contributed by atoms with van der Waals surface area (Å²) in [5.41, 5.74) is -1.20. The van der Waals surface area contributed by atoms with E-state index in [0.29, 0.717) is 19.6 Å². The second-order valence-corrected chi connectivity index (χ2v) is 5.65. The van der Waals surface area contributed by atoms with Crippen LogP contribution < -0.4 is 0 Å². The van der Waals surface area contributed by atoms with Gasteiger partial charge in [-0.3, -0.25) is 9.59 Å². The number of methoxy groups -OCH3 is 2. The van der Waals surface area contributed by atoms with Crippen LogP contribution in [0.2, 0.25) is 0 Å². The first-order chi connectivity index (χ1) is 10.1. The molecular weight excluding hydrogens is 272 g/mol. The van der Waals surface area contributed by atoms with Gasteiger partial charge in [-0.25, -0.2) is 0 Å². The lowest BCUT2D eigenvalue weighted by atomic mass is 9.72. The van der Waals surface area contributed by atoms with Crippen molar-refractivity contribution in [1.29, 1.82) is 0 Å². The molecule has 5 heteroatoms. The average Bonchev–Trinajstić information content (AvgIpc) is 3.04. The molecule has 1 rings (SSSR count). The van der Waals surface area contributed by atoms with Crippen LogP contribution in [-0.4, -0.2) is 39.4 Å². The van der Waals surface area contributed by atoms with Gasteiger partial charge in [0.05, 0.1) is 14.2 Å². The molecule has 0 heterocycles. The molecular formula is C16H28O5. The van der Waals surface area contributed by atoms with Gasteiger partial charge < -0.3 is 14.2 Å². The van der Waals surface area contributed by atoms with E-state index in [4.69, 9.17) is 14.2 Å². The largest absolute Gasteiger partial charge is 0.468 e. The molecule has 21 heavy (non-hydrogen) atoms. The van der Waals surface area contributed by atoms with Gasteiger partial charge in [0.25, 0.3) is 0 Å². The van der Waals surface area contributed by atoms with Crippen molar-refractivity contribution in [2.75, 3.05) is 27.4 Å². The van der Waals surface area contributed by atoms with Crippen molar-refractivity contribution in [3.63, 3.8) is 0 Å². The Morgan fingerprint density at radius 3 is 2.10 bits per heavy atom. The summed E-state index contributed by atoms with van der Waals surface area (Å²) in [4.78, 5) is 24.7. The van der Waals surface area contributed by atoms with Gasteiger partial charge in [-0.1, -0.05) is 26.2 Å². The van der Waals surface area contributed by atoms with Crippen molar-refractivity contribution < 1.29 is 23.8 Å². The van der Waals surface area contributed by atoms with Gasteiger partial charge in [-0.05, 0) is 31.6 Å². The highest BCUT2D eigenvalue weighted by Crippen LogP contribution is 2.44. The number of esters is 2. The summed E-state index contributed by atoms with van der Waals surface area (Å²) in [5, 5.41) is 0. The molecule has 0 unspecified atom stereocenters. The molecule has 122 valence electrons. The minimum atomic E-state index is -1.20. The van der Waals surface area contributed by atoms with E-state index in [9.17, 15) is 9.59 Å². The average molecular weight is 300 g/mol. The van der Waals surface area contributed by atoms with Gasteiger partial charge in [0.15, 0.2) is 5.41 Å². The third-order valence-corrected chi connectivity index (χ3v) is 4.43. The maximum atomic E-state index is 12.4. The first-order valence-corrected chi connectivity index (χ1v) is 7.88. The predicted molar refractivity (Wildman–Crippen MR) is 78.8 cm³/mol. The van der Waals surface area contributed by atoms with Crippen LogP contribution in [-0.2, 0) is 23.8 Å². The molecule has 0 aliphatic heterocycles. The number of carbonyl (C=O) groups excluding carboxylic acids is 2. The zero-order valence-corrected chi connectivity index (χ0v) is 13.5. The van der Waals surface area contributed by atoms with Crippen LogP contribution in [0.25, 0.3) is 0 Å². The zero-order chi connectivity index (χ0) is 15.7. The second-order valence-electron chi connectivity index (χ2n) is 5.65. The fraction of sp³-hybridized carbons (Fsp3) is 0.875. The highest BCUT2D eigenvalue weighted by Gasteiger charge is 2.54. The van der Waals surface area contributed by atoms with Gasteiger partial charge in [-0.15, -0.1) is 0 Å². The third-order valence-electron chi connectivity index (χ3n) is 4.43. The van der Waals surface area contributed by atoms with Crippen molar-refractivity contribution >= 4 is 11.9 Å². The normalized spacial score (nSPS) is 16.0. The Balaban J connectivity index is 2.83. The number of hydrogen-bond acceptors (Lipinski definition) is 5. The molecule has 0 aromatic heterocycles. The molecule has 0 bridgehead atoms. The summed E-state index contributed by atoms with van der Waals surface area (Å²) in [6.45, 7) is 3.12. The fourth-order valence-corrected chi connectivity index (χ4v) is 3.19. The van der Waals surface area contributed by atoms with Gasteiger partial charge in [-0.2, -0.15) is 0 Å². The Kier molecular flexibility index (Phi) is 7.72. The van der Waals surface area contributed by atoms with Crippen molar-refractivity contribution in [3.05, 3.63) is 0 Å². The third kappa shape index (κ3) is 4.19. The van der Waals surface area contributed by atoms with Gasteiger partial charge in [0.2, 0.25) is 0 Å². The summed E-state index contributed by atoms with van der Waals surface area (Å²) >= 11 is 0. The van der Waals surface area contributed by atoms with E-state index in [-0.39, 0.29) is 5.92 Å². The number of carbonyl (C=O) groups is 2. The minimum absolute atomic E-state index is 0.00725. The summed E-state index contributed by atoms with van der Waals surface area (Å²) < 4.78 is 15.4. The van der Waals surface area contributed by atoms with Gasteiger partial charge in [0, 0.05) is 13.2 Å². The van der Waals surface area contributed by atoms with Gasteiger partial charge in [0.1, 0.15) is 0 Å². The van der Waals surface area contributed by atoms with Crippen LogP contribution in [0, 0.1) is 11.3 Å². The lowest BCUT2D eigenvalue weighted by Crippen LogP contribution is -2.47. The van der Waals surface area contributed by atoms with Crippen molar-refractivity contribution in [2.45, 2.75) is 51.9 Å². The van der Waals surface area contributed by atoms with Crippen LogP contribution in [0.15, 0.2) is 0 Å². The van der Waals surface area contributed by atoms with E-state index in [0.717, 1.165) is 38.5 Å². The number of unbranched alkanes of at least 4 members (excludes halogenated alkanes) is 1. The highest BCUT2D eigenvalue weighted by molar-refractivity contribution is 6.00. The van der Waals surface area contributed by atoms with E-state index in [1.54, 1.807) is 0 Å². The molecule has 1 aliphatic rings. The molecule has 0 N–H and O–H groups in total. The van der Waals surface area contributed by atoms with Gasteiger partial charge >= 0.3 is 11.9 Å². The summed E-state index contributed by atoms with van der Waals surface area (Å²) in [7, 11) is 2.65. The molecule has 1 aliphatic carbocycles. The molecule has 0 amide bonds. The minimum Gasteiger partial charge on any atom is -0.468 e. The van der Waals surface area contributed by atoms with Crippen LogP contribution in [0.5, 0.6) is 0 Å². The number of hydrogen-bond donors (Lipinski definition) is 0. The van der Waals surface area contributed by atoms with E-state index in [1.807, 2.05) is 0 Å². The number of ether oxygens (including phenoxy) is 3. The van der Waals surface area contributed by atoms with Crippen molar-refractivity contribution in [1.82, 2.24) is 0 Å². The van der Waals surface area contributed by atoms with E-state index in [2.05, 4.69) is 6.92 Å². The zero-order valence-electron chi connectivity index (χ0n) is 13.5. The molecule has 1 fully saturated rings. The smallest absolute Gasteiger partial charge is 0.323 e. The van der Waals surface area contributed by atoms with E-state index in [1.165, 1.54) is 14.2 Å². The molecule has 5 nitrogen and oxygen atoms in total. The summed E-state index contributed by atoms with van der Waals surface area (Å²) in [6, 6.07) is 0. The quantitative estimate of drug-likeness (QED) is 0.372. The molecule has 0 radical (unpaired) electrons. The number of rotatable bonds is 9. The van der Waals surface area contributed by atoms with Crippen LogP contribution >= 0.6 is 0 Å². The Morgan fingerprint density at radius 2 is 1.62 bits per heavy atom.